The van der Waals surface area contributed by atoms with Gasteiger partial charge < -0.3 is 15.2 Å². The van der Waals surface area contributed by atoms with Crippen LogP contribution < -0.4 is 15.2 Å². The molecule has 0 amide bonds. The topological polar surface area (TPSA) is 44.5 Å². The van der Waals surface area contributed by atoms with Crippen molar-refractivity contribution >= 4 is 12.4 Å². The van der Waals surface area contributed by atoms with Crippen LogP contribution in [0.2, 0.25) is 0 Å². The lowest BCUT2D eigenvalue weighted by Crippen LogP contribution is -2.13. The standard InChI is InChI=1S/C13H21NO2.ClH/c1-9(2)7-11(14)10-5-6-12(15-3)13(8-10)16-4;/h5-6,8-9,11H,7,14H2,1-4H3;1H. The van der Waals surface area contributed by atoms with Crippen LogP contribution in [0.5, 0.6) is 11.5 Å². The average Bonchev–Trinajstić information content (AvgIpc) is 2.27. The van der Waals surface area contributed by atoms with Gasteiger partial charge in [0.15, 0.2) is 11.5 Å². The van der Waals surface area contributed by atoms with Crippen LogP contribution in [-0.4, -0.2) is 14.2 Å². The summed E-state index contributed by atoms with van der Waals surface area (Å²) in [6.07, 6.45) is 0.968. The Hall–Kier alpha value is -0.930. The number of hydrogen-bond donors (Lipinski definition) is 1. The first kappa shape index (κ1) is 16.1. The molecule has 0 aromatic heterocycles. The summed E-state index contributed by atoms with van der Waals surface area (Å²) in [5.74, 6) is 2.06. The molecule has 0 heterocycles. The highest BCUT2D eigenvalue weighted by atomic mass is 35.5. The second-order valence-electron chi connectivity index (χ2n) is 4.35. The van der Waals surface area contributed by atoms with Crippen LogP contribution in [0.15, 0.2) is 18.2 Å². The van der Waals surface area contributed by atoms with Gasteiger partial charge in [0.1, 0.15) is 0 Å². The van der Waals surface area contributed by atoms with Crippen molar-refractivity contribution in [1.82, 2.24) is 0 Å². The number of halogens is 1. The van der Waals surface area contributed by atoms with Gasteiger partial charge in [0.25, 0.3) is 0 Å². The van der Waals surface area contributed by atoms with Crippen LogP contribution >= 0.6 is 12.4 Å². The van der Waals surface area contributed by atoms with Crippen molar-refractivity contribution in [1.29, 1.82) is 0 Å². The molecular formula is C13H22ClNO2. The highest BCUT2D eigenvalue weighted by Crippen LogP contribution is 2.30. The molecule has 0 saturated carbocycles. The summed E-state index contributed by atoms with van der Waals surface area (Å²) in [5.41, 5.74) is 7.20. The molecule has 0 bridgehead atoms. The molecule has 1 aromatic carbocycles. The monoisotopic (exact) mass is 259 g/mol. The number of nitrogens with two attached hydrogens (primary N) is 1. The van der Waals surface area contributed by atoms with Gasteiger partial charge >= 0.3 is 0 Å². The molecule has 0 aliphatic carbocycles. The largest absolute Gasteiger partial charge is 0.493 e. The second kappa shape index (κ2) is 7.41. The van der Waals surface area contributed by atoms with Crippen molar-refractivity contribution in [2.24, 2.45) is 11.7 Å². The third-order valence-electron chi connectivity index (χ3n) is 2.56. The van der Waals surface area contributed by atoms with E-state index in [0.29, 0.717) is 5.92 Å². The van der Waals surface area contributed by atoms with E-state index in [4.69, 9.17) is 15.2 Å². The number of ether oxygens (including phenoxy) is 2. The number of hydrogen-bond acceptors (Lipinski definition) is 3. The Morgan fingerprint density at radius 2 is 1.71 bits per heavy atom. The van der Waals surface area contributed by atoms with Gasteiger partial charge in [-0.05, 0) is 30.0 Å². The maximum atomic E-state index is 6.11. The Bertz CT molecular complexity index is 342. The molecule has 1 aromatic rings. The van der Waals surface area contributed by atoms with E-state index >= 15 is 0 Å². The van der Waals surface area contributed by atoms with Crippen LogP contribution in [0.3, 0.4) is 0 Å². The van der Waals surface area contributed by atoms with Gasteiger partial charge in [-0.1, -0.05) is 19.9 Å². The third-order valence-corrected chi connectivity index (χ3v) is 2.56. The zero-order valence-corrected chi connectivity index (χ0v) is 11.7. The molecule has 1 atom stereocenters. The Balaban J connectivity index is 0.00000256. The fourth-order valence-corrected chi connectivity index (χ4v) is 1.73. The zero-order chi connectivity index (χ0) is 12.1. The molecule has 0 spiro atoms. The Morgan fingerprint density at radius 1 is 1.12 bits per heavy atom. The van der Waals surface area contributed by atoms with Crippen molar-refractivity contribution < 1.29 is 9.47 Å². The number of rotatable bonds is 5. The summed E-state index contributed by atoms with van der Waals surface area (Å²) in [6.45, 7) is 4.33. The summed E-state index contributed by atoms with van der Waals surface area (Å²) in [5, 5.41) is 0. The molecule has 0 fully saturated rings. The van der Waals surface area contributed by atoms with E-state index in [1.807, 2.05) is 18.2 Å². The summed E-state index contributed by atoms with van der Waals surface area (Å²) in [7, 11) is 3.27. The molecule has 0 saturated heterocycles. The minimum Gasteiger partial charge on any atom is -0.493 e. The van der Waals surface area contributed by atoms with Crippen LogP contribution in [0.1, 0.15) is 31.9 Å². The predicted molar refractivity (Wildman–Crippen MR) is 73.2 cm³/mol. The van der Waals surface area contributed by atoms with Gasteiger partial charge in [-0.3, -0.25) is 0 Å². The highest BCUT2D eigenvalue weighted by molar-refractivity contribution is 5.85. The molecule has 0 aliphatic rings. The number of methoxy groups -OCH3 is 2. The number of benzene rings is 1. The van der Waals surface area contributed by atoms with Gasteiger partial charge in [-0.2, -0.15) is 0 Å². The van der Waals surface area contributed by atoms with Gasteiger partial charge in [-0.15, -0.1) is 12.4 Å². The minimum atomic E-state index is 0. The van der Waals surface area contributed by atoms with Gasteiger partial charge in [0.2, 0.25) is 0 Å². The van der Waals surface area contributed by atoms with E-state index in [1.165, 1.54) is 0 Å². The highest BCUT2D eigenvalue weighted by Gasteiger charge is 2.11. The fraction of sp³-hybridized carbons (Fsp3) is 0.538. The van der Waals surface area contributed by atoms with Crippen molar-refractivity contribution in [3.05, 3.63) is 23.8 Å². The van der Waals surface area contributed by atoms with Crippen LogP contribution in [0, 0.1) is 5.92 Å². The predicted octanol–water partition coefficient (Wildman–Crippen LogP) is 3.17. The zero-order valence-electron chi connectivity index (χ0n) is 10.9. The molecule has 17 heavy (non-hydrogen) atoms. The summed E-state index contributed by atoms with van der Waals surface area (Å²) in [6, 6.07) is 5.90. The third kappa shape index (κ3) is 4.44. The van der Waals surface area contributed by atoms with Gasteiger partial charge in [-0.25, -0.2) is 0 Å². The molecule has 98 valence electrons. The molecule has 0 radical (unpaired) electrons. The molecule has 2 N–H and O–H groups in total. The maximum absolute atomic E-state index is 6.11. The Labute approximate surface area is 110 Å². The summed E-state index contributed by atoms with van der Waals surface area (Å²) in [4.78, 5) is 0. The van der Waals surface area contributed by atoms with Crippen LogP contribution in [0.4, 0.5) is 0 Å². The van der Waals surface area contributed by atoms with E-state index in [-0.39, 0.29) is 18.4 Å². The normalized spacial score (nSPS) is 11.9. The average molecular weight is 260 g/mol. The Morgan fingerprint density at radius 3 is 2.18 bits per heavy atom. The lowest BCUT2D eigenvalue weighted by Gasteiger charge is -2.16. The molecule has 4 heteroatoms. The first-order valence-electron chi connectivity index (χ1n) is 5.56. The second-order valence-corrected chi connectivity index (χ2v) is 4.35. The van der Waals surface area contributed by atoms with Crippen molar-refractivity contribution in [2.75, 3.05) is 14.2 Å². The maximum Gasteiger partial charge on any atom is 0.161 e. The molecule has 3 nitrogen and oxygen atoms in total. The lowest BCUT2D eigenvalue weighted by atomic mass is 9.97. The van der Waals surface area contributed by atoms with Crippen molar-refractivity contribution in [3.8, 4) is 11.5 Å². The summed E-state index contributed by atoms with van der Waals surface area (Å²) < 4.78 is 10.4. The van der Waals surface area contributed by atoms with E-state index in [2.05, 4.69) is 13.8 Å². The van der Waals surface area contributed by atoms with E-state index in [9.17, 15) is 0 Å². The quantitative estimate of drug-likeness (QED) is 0.883. The van der Waals surface area contributed by atoms with Crippen molar-refractivity contribution in [3.63, 3.8) is 0 Å². The summed E-state index contributed by atoms with van der Waals surface area (Å²) >= 11 is 0. The van der Waals surface area contributed by atoms with Gasteiger partial charge in [0.05, 0.1) is 14.2 Å². The van der Waals surface area contributed by atoms with E-state index < -0.39 is 0 Å². The van der Waals surface area contributed by atoms with Gasteiger partial charge in [0, 0.05) is 6.04 Å². The van der Waals surface area contributed by atoms with Crippen LogP contribution in [0.25, 0.3) is 0 Å². The first-order valence-corrected chi connectivity index (χ1v) is 5.56. The minimum absolute atomic E-state index is 0. The fourth-order valence-electron chi connectivity index (χ4n) is 1.73. The molecule has 1 unspecified atom stereocenters. The first-order chi connectivity index (χ1) is 7.58. The van der Waals surface area contributed by atoms with E-state index in [1.54, 1.807) is 14.2 Å². The van der Waals surface area contributed by atoms with E-state index in [0.717, 1.165) is 23.5 Å². The molecule has 0 aliphatic heterocycles. The smallest absolute Gasteiger partial charge is 0.161 e. The van der Waals surface area contributed by atoms with Crippen molar-refractivity contribution in [2.45, 2.75) is 26.3 Å². The molecular weight excluding hydrogens is 238 g/mol. The SMILES string of the molecule is COc1ccc(C(N)CC(C)C)cc1OC.Cl. The Kier molecular flexibility index (Phi) is 7.00. The lowest BCUT2D eigenvalue weighted by molar-refractivity contribution is 0.354. The van der Waals surface area contributed by atoms with Crippen LogP contribution in [-0.2, 0) is 0 Å². The molecule has 1 rings (SSSR count).